The van der Waals surface area contributed by atoms with Gasteiger partial charge in [-0.05, 0) is 37.0 Å². The first-order valence-corrected chi connectivity index (χ1v) is 6.04. The molecule has 0 aliphatic heterocycles. The molecule has 2 heteroatoms. The maximum atomic E-state index is 9.02. The van der Waals surface area contributed by atoms with Gasteiger partial charge in [-0.1, -0.05) is 25.3 Å². The average Bonchev–Trinajstić information content (AvgIpc) is 2.23. The number of hydrogen-bond acceptors (Lipinski definition) is 2. The highest BCUT2D eigenvalue weighted by Crippen LogP contribution is 2.29. The van der Waals surface area contributed by atoms with Crippen LogP contribution in [0.25, 0.3) is 0 Å². The molecule has 0 bridgehead atoms. The van der Waals surface area contributed by atoms with Crippen LogP contribution in [0.1, 0.15) is 36.8 Å². The first kappa shape index (κ1) is 11.0. The molecule has 1 aromatic carbocycles. The molecule has 1 saturated carbocycles. The number of benzene rings is 1. The standard InChI is InChI=1S/C14H18N2/c1-11-5-6-14(13(9-11)10-15)16-8-7-12-3-2-4-12/h5-6,9,12,16H,2-4,7-8H2,1H3. The third-order valence-corrected chi connectivity index (χ3v) is 3.39. The number of hydrogen-bond donors (Lipinski definition) is 1. The molecule has 1 aromatic rings. The van der Waals surface area contributed by atoms with E-state index in [0.717, 1.165) is 29.3 Å². The van der Waals surface area contributed by atoms with Crippen LogP contribution in [-0.4, -0.2) is 6.54 Å². The summed E-state index contributed by atoms with van der Waals surface area (Å²) in [7, 11) is 0. The van der Waals surface area contributed by atoms with E-state index in [1.807, 2.05) is 25.1 Å². The minimum absolute atomic E-state index is 0.758. The molecule has 16 heavy (non-hydrogen) atoms. The Hall–Kier alpha value is -1.49. The Balaban J connectivity index is 1.90. The summed E-state index contributed by atoms with van der Waals surface area (Å²) in [5.41, 5.74) is 2.88. The molecule has 0 amide bonds. The van der Waals surface area contributed by atoms with Gasteiger partial charge in [-0.2, -0.15) is 5.26 Å². The van der Waals surface area contributed by atoms with Gasteiger partial charge in [-0.15, -0.1) is 0 Å². The van der Waals surface area contributed by atoms with Crippen LogP contribution in [0, 0.1) is 24.2 Å². The molecule has 0 radical (unpaired) electrons. The van der Waals surface area contributed by atoms with Gasteiger partial charge in [-0.25, -0.2) is 0 Å². The van der Waals surface area contributed by atoms with Crippen molar-refractivity contribution in [2.24, 2.45) is 5.92 Å². The molecule has 0 saturated heterocycles. The maximum absolute atomic E-state index is 9.02. The second-order valence-electron chi connectivity index (χ2n) is 4.67. The van der Waals surface area contributed by atoms with Crippen LogP contribution < -0.4 is 5.32 Å². The molecule has 0 aromatic heterocycles. The number of nitrogens with one attached hydrogen (secondary N) is 1. The highest BCUT2D eigenvalue weighted by atomic mass is 14.9. The van der Waals surface area contributed by atoms with Crippen molar-refractivity contribution in [3.8, 4) is 6.07 Å². The van der Waals surface area contributed by atoms with E-state index in [1.54, 1.807) is 0 Å². The predicted octanol–water partition coefficient (Wildman–Crippen LogP) is 3.47. The van der Waals surface area contributed by atoms with Crippen molar-refractivity contribution in [2.45, 2.75) is 32.6 Å². The second-order valence-corrected chi connectivity index (χ2v) is 4.67. The quantitative estimate of drug-likeness (QED) is 0.833. The van der Waals surface area contributed by atoms with Gasteiger partial charge in [0, 0.05) is 6.54 Å². The van der Waals surface area contributed by atoms with E-state index < -0.39 is 0 Å². The Morgan fingerprint density at radius 1 is 1.44 bits per heavy atom. The van der Waals surface area contributed by atoms with Crippen molar-refractivity contribution in [1.29, 1.82) is 5.26 Å². The number of anilines is 1. The summed E-state index contributed by atoms with van der Waals surface area (Å²) in [5, 5.41) is 12.4. The third kappa shape index (κ3) is 2.55. The lowest BCUT2D eigenvalue weighted by Crippen LogP contribution is -2.15. The monoisotopic (exact) mass is 214 g/mol. The average molecular weight is 214 g/mol. The van der Waals surface area contributed by atoms with Crippen molar-refractivity contribution in [3.63, 3.8) is 0 Å². The summed E-state index contributed by atoms with van der Waals surface area (Å²) in [6, 6.07) is 8.23. The van der Waals surface area contributed by atoms with Gasteiger partial charge in [0.2, 0.25) is 0 Å². The zero-order valence-corrected chi connectivity index (χ0v) is 9.79. The van der Waals surface area contributed by atoms with Crippen molar-refractivity contribution < 1.29 is 0 Å². The largest absolute Gasteiger partial charge is 0.384 e. The van der Waals surface area contributed by atoms with E-state index in [2.05, 4.69) is 11.4 Å². The highest BCUT2D eigenvalue weighted by molar-refractivity contribution is 5.58. The Morgan fingerprint density at radius 2 is 2.25 bits per heavy atom. The fourth-order valence-corrected chi connectivity index (χ4v) is 2.10. The molecule has 2 nitrogen and oxygen atoms in total. The molecule has 1 N–H and O–H groups in total. The van der Waals surface area contributed by atoms with E-state index in [0.29, 0.717) is 0 Å². The molecule has 0 atom stereocenters. The normalized spacial score (nSPS) is 15.2. The van der Waals surface area contributed by atoms with Crippen LogP contribution in [0.4, 0.5) is 5.69 Å². The summed E-state index contributed by atoms with van der Waals surface area (Å²) in [5.74, 6) is 0.920. The molecule has 84 valence electrons. The van der Waals surface area contributed by atoms with Crippen LogP contribution in [-0.2, 0) is 0 Å². The second kappa shape index (κ2) is 5.03. The van der Waals surface area contributed by atoms with Gasteiger partial charge < -0.3 is 5.32 Å². The van der Waals surface area contributed by atoms with Gasteiger partial charge >= 0.3 is 0 Å². The fraction of sp³-hybridized carbons (Fsp3) is 0.500. The smallest absolute Gasteiger partial charge is 0.101 e. The first-order valence-electron chi connectivity index (χ1n) is 6.04. The van der Waals surface area contributed by atoms with Gasteiger partial charge in [0.15, 0.2) is 0 Å². The molecule has 1 fully saturated rings. The van der Waals surface area contributed by atoms with Crippen LogP contribution in [0.5, 0.6) is 0 Å². The molecule has 2 rings (SSSR count). The van der Waals surface area contributed by atoms with E-state index in [4.69, 9.17) is 5.26 Å². The predicted molar refractivity (Wildman–Crippen MR) is 66.3 cm³/mol. The number of rotatable bonds is 4. The number of nitrogens with zero attached hydrogens (tertiary/aromatic N) is 1. The lowest BCUT2D eigenvalue weighted by Gasteiger charge is -2.25. The molecular formula is C14H18N2. The molecule has 0 spiro atoms. The Kier molecular flexibility index (Phi) is 3.46. The minimum Gasteiger partial charge on any atom is -0.384 e. The summed E-state index contributed by atoms with van der Waals surface area (Å²) in [6.45, 7) is 3.00. The zero-order valence-electron chi connectivity index (χ0n) is 9.79. The lowest BCUT2D eigenvalue weighted by atomic mass is 9.83. The fourth-order valence-electron chi connectivity index (χ4n) is 2.10. The molecule has 1 aliphatic rings. The van der Waals surface area contributed by atoms with Gasteiger partial charge in [0.05, 0.1) is 11.3 Å². The van der Waals surface area contributed by atoms with Crippen molar-refractivity contribution >= 4 is 5.69 Å². The van der Waals surface area contributed by atoms with Crippen LogP contribution in [0.15, 0.2) is 18.2 Å². The molecule has 0 heterocycles. The third-order valence-electron chi connectivity index (χ3n) is 3.39. The SMILES string of the molecule is Cc1ccc(NCCC2CCC2)c(C#N)c1. The van der Waals surface area contributed by atoms with E-state index >= 15 is 0 Å². The Morgan fingerprint density at radius 3 is 2.88 bits per heavy atom. The minimum atomic E-state index is 0.758. The summed E-state index contributed by atoms with van der Waals surface area (Å²) < 4.78 is 0. The number of aryl methyl sites for hydroxylation is 1. The topological polar surface area (TPSA) is 35.8 Å². The lowest BCUT2D eigenvalue weighted by molar-refractivity contribution is 0.303. The Labute approximate surface area is 97.3 Å². The van der Waals surface area contributed by atoms with Gasteiger partial charge in [0.1, 0.15) is 6.07 Å². The van der Waals surface area contributed by atoms with Crippen molar-refractivity contribution in [1.82, 2.24) is 0 Å². The van der Waals surface area contributed by atoms with Crippen molar-refractivity contribution in [2.75, 3.05) is 11.9 Å². The summed E-state index contributed by atoms with van der Waals surface area (Å²) in [4.78, 5) is 0. The Bertz CT molecular complexity index is 400. The van der Waals surface area contributed by atoms with Crippen LogP contribution in [0.3, 0.4) is 0 Å². The van der Waals surface area contributed by atoms with Crippen LogP contribution in [0.2, 0.25) is 0 Å². The molecule has 1 aliphatic carbocycles. The van der Waals surface area contributed by atoms with E-state index in [9.17, 15) is 0 Å². The molecular weight excluding hydrogens is 196 g/mol. The highest BCUT2D eigenvalue weighted by Gasteiger charge is 2.16. The maximum Gasteiger partial charge on any atom is 0.101 e. The van der Waals surface area contributed by atoms with E-state index in [-0.39, 0.29) is 0 Å². The van der Waals surface area contributed by atoms with Gasteiger partial charge in [-0.3, -0.25) is 0 Å². The van der Waals surface area contributed by atoms with Crippen LogP contribution >= 0.6 is 0 Å². The van der Waals surface area contributed by atoms with Crippen molar-refractivity contribution in [3.05, 3.63) is 29.3 Å². The number of nitriles is 1. The summed E-state index contributed by atoms with van der Waals surface area (Å²) >= 11 is 0. The first-order chi connectivity index (χ1) is 7.79. The zero-order chi connectivity index (χ0) is 11.4. The molecule has 0 unspecified atom stereocenters. The summed E-state index contributed by atoms with van der Waals surface area (Å²) in [6.07, 6.45) is 5.42. The van der Waals surface area contributed by atoms with Gasteiger partial charge in [0.25, 0.3) is 0 Å². The van der Waals surface area contributed by atoms with E-state index in [1.165, 1.54) is 25.7 Å².